The molecule has 0 aliphatic heterocycles. The average Bonchev–Trinajstić information content (AvgIpc) is 2.67. The van der Waals surface area contributed by atoms with Gasteiger partial charge in [0.1, 0.15) is 17.7 Å². The number of hydrogen-bond donors (Lipinski definition) is 2. The minimum atomic E-state index is -0.828. The third-order valence-electron chi connectivity index (χ3n) is 5.36. The molecule has 0 saturated carbocycles. The van der Waals surface area contributed by atoms with Crippen LogP contribution in [-0.2, 0) is 14.3 Å². The molecule has 7 nitrogen and oxygen atoms in total. The molecule has 2 N–H and O–H groups in total. The number of ether oxygens (including phenoxy) is 1. The van der Waals surface area contributed by atoms with Gasteiger partial charge in [0, 0.05) is 13.6 Å². The summed E-state index contributed by atoms with van der Waals surface area (Å²) in [5, 5.41) is 5.65. The van der Waals surface area contributed by atoms with E-state index in [9.17, 15) is 14.4 Å². The van der Waals surface area contributed by atoms with Gasteiger partial charge in [-0.05, 0) is 63.6 Å². The van der Waals surface area contributed by atoms with Crippen LogP contribution in [0.4, 0.5) is 4.79 Å². The second kappa shape index (κ2) is 11.9. The maximum absolute atomic E-state index is 13.5. The second-order valence-corrected chi connectivity index (χ2v) is 9.65. The Bertz CT molecular complexity index is 799. The number of nitrogens with one attached hydrogen (secondary N) is 2. The predicted octanol–water partition coefficient (Wildman–Crippen LogP) is 4.27. The fourth-order valence-electron chi connectivity index (χ4n) is 3.38. The van der Waals surface area contributed by atoms with E-state index >= 15 is 0 Å². The summed E-state index contributed by atoms with van der Waals surface area (Å²) in [5.41, 5.74) is 2.10. The predicted molar refractivity (Wildman–Crippen MR) is 127 cm³/mol. The molecule has 2 atom stereocenters. The highest BCUT2D eigenvalue weighted by Crippen LogP contribution is 2.27. The monoisotopic (exact) mass is 447 g/mol. The molecule has 0 aromatic heterocycles. The third-order valence-corrected chi connectivity index (χ3v) is 5.36. The molecule has 1 rings (SSSR count). The van der Waals surface area contributed by atoms with Crippen LogP contribution in [0.3, 0.4) is 0 Å². The highest BCUT2D eigenvalue weighted by Gasteiger charge is 2.36. The summed E-state index contributed by atoms with van der Waals surface area (Å²) in [4.78, 5) is 40.5. The van der Waals surface area contributed by atoms with Crippen LogP contribution in [0, 0.1) is 19.8 Å². The summed E-state index contributed by atoms with van der Waals surface area (Å²) in [6, 6.07) is 4.11. The van der Waals surface area contributed by atoms with Crippen LogP contribution in [-0.4, -0.2) is 48.0 Å². The average molecular weight is 448 g/mol. The third kappa shape index (κ3) is 7.84. The highest BCUT2D eigenvalue weighted by atomic mass is 16.6. The van der Waals surface area contributed by atoms with Crippen molar-refractivity contribution in [1.29, 1.82) is 0 Å². The number of nitrogens with zero attached hydrogens (tertiary/aromatic N) is 1. The molecule has 0 spiro atoms. The van der Waals surface area contributed by atoms with Crippen molar-refractivity contribution in [2.24, 2.45) is 5.92 Å². The van der Waals surface area contributed by atoms with Crippen LogP contribution in [0.5, 0.6) is 0 Å². The molecule has 0 bridgehead atoms. The van der Waals surface area contributed by atoms with Gasteiger partial charge in [0.25, 0.3) is 0 Å². The van der Waals surface area contributed by atoms with E-state index in [-0.39, 0.29) is 17.7 Å². The van der Waals surface area contributed by atoms with E-state index in [1.54, 1.807) is 27.8 Å². The number of aryl methyl sites for hydroxylation is 1. The summed E-state index contributed by atoms with van der Waals surface area (Å²) in [6.45, 7) is 15.5. The molecular formula is C25H41N3O4. The number of rotatable bonds is 9. The van der Waals surface area contributed by atoms with Crippen LogP contribution in [0.2, 0.25) is 0 Å². The molecule has 7 heteroatoms. The number of amides is 3. The maximum atomic E-state index is 13.5. The van der Waals surface area contributed by atoms with Crippen molar-refractivity contribution in [2.75, 3.05) is 13.6 Å². The van der Waals surface area contributed by atoms with Crippen molar-refractivity contribution in [3.05, 3.63) is 34.9 Å². The van der Waals surface area contributed by atoms with Crippen LogP contribution in [0.15, 0.2) is 18.2 Å². The van der Waals surface area contributed by atoms with Gasteiger partial charge in [-0.1, -0.05) is 45.4 Å². The van der Waals surface area contributed by atoms with Crippen molar-refractivity contribution in [3.63, 3.8) is 0 Å². The van der Waals surface area contributed by atoms with Gasteiger partial charge >= 0.3 is 6.09 Å². The second-order valence-electron chi connectivity index (χ2n) is 9.65. The Hall–Kier alpha value is -2.57. The number of hydrogen-bond acceptors (Lipinski definition) is 4. The largest absolute Gasteiger partial charge is 0.444 e. The molecular weight excluding hydrogens is 406 g/mol. The van der Waals surface area contributed by atoms with Gasteiger partial charge in [0.05, 0.1) is 0 Å². The Morgan fingerprint density at radius 3 is 2.28 bits per heavy atom. The number of alkyl carbamates (subject to hydrolysis) is 1. The van der Waals surface area contributed by atoms with Gasteiger partial charge in [0.2, 0.25) is 11.8 Å². The van der Waals surface area contributed by atoms with E-state index in [4.69, 9.17) is 4.74 Å². The standard InChI is InChI=1S/C25H41N3O4/c1-10-11-15-26-22(29)21(19-14-12-13-17(4)18(19)5)28(9)23(30)20(16(2)3)27-24(31)32-25(6,7)8/h12-14,16,20-21H,10-11,15H2,1-9H3,(H,26,29)(H,27,31). The van der Waals surface area contributed by atoms with Crippen LogP contribution in [0.1, 0.15) is 77.1 Å². The van der Waals surface area contributed by atoms with Gasteiger partial charge in [-0.2, -0.15) is 0 Å². The first-order valence-corrected chi connectivity index (χ1v) is 11.4. The summed E-state index contributed by atoms with van der Waals surface area (Å²) in [6.07, 6.45) is 1.16. The number of unbranched alkanes of at least 4 members (excludes halogenated alkanes) is 1. The van der Waals surface area contributed by atoms with E-state index < -0.39 is 23.8 Å². The van der Waals surface area contributed by atoms with Crippen LogP contribution < -0.4 is 10.6 Å². The number of carbonyl (C=O) groups is 3. The fraction of sp³-hybridized carbons (Fsp3) is 0.640. The number of benzene rings is 1. The van der Waals surface area contributed by atoms with Crippen LogP contribution >= 0.6 is 0 Å². The van der Waals surface area contributed by atoms with Gasteiger partial charge < -0.3 is 20.3 Å². The minimum absolute atomic E-state index is 0.195. The van der Waals surface area contributed by atoms with E-state index in [0.717, 1.165) is 29.5 Å². The SMILES string of the molecule is CCCCNC(=O)C(c1cccc(C)c1C)N(C)C(=O)C(NC(=O)OC(C)(C)C)C(C)C. The lowest BCUT2D eigenvalue weighted by atomic mass is 9.94. The smallest absolute Gasteiger partial charge is 0.408 e. The molecule has 2 unspecified atom stereocenters. The fourth-order valence-corrected chi connectivity index (χ4v) is 3.38. The first-order valence-electron chi connectivity index (χ1n) is 11.4. The Kier molecular flexibility index (Phi) is 10.2. The van der Waals surface area contributed by atoms with E-state index in [2.05, 4.69) is 17.6 Å². The zero-order valence-corrected chi connectivity index (χ0v) is 21.2. The molecule has 0 aliphatic carbocycles. The molecule has 1 aromatic carbocycles. The quantitative estimate of drug-likeness (QED) is 0.554. The van der Waals surface area contributed by atoms with Crippen molar-refractivity contribution in [2.45, 2.75) is 85.9 Å². The Balaban J connectivity index is 3.26. The van der Waals surface area contributed by atoms with Crippen molar-refractivity contribution < 1.29 is 19.1 Å². The molecule has 0 heterocycles. The normalized spacial score (nSPS) is 13.3. The minimum Gasteiger partial charge on any atom is -0.444 e. The molecule has 0 aliphatic rings. The Morgan fingerprint density at radius 1 is 1.12 bits per heavy atom. The lowest BCUT2D eigenvalue weighted by Crippen LogP contribution is -2.53. The summed E-state index contributed by atoms with van der Waals surface area (Å²) in [7, 11) is 1.61. The summed E-state index contributed by atoms with van der Waals surface area (Å²) < 4.78 is 5.34. The first-order chi connectivity index (χ1) is 14.8. The number of likely N-dealkylation sites (N-methyl/N-ethyl adjacent to an activating group) is 1. The number of carbonyl (C=O) groups excluding carboxylic acids is 3. The van der Waals surface area contributed by atoms with Gasteiger partial charge in [0.15, 0.2) is 0 Å². The van der Waals surface area contributed by atoms with E-state index in [1.165, 1.54) is 4.90 Å². The molecule has 0 fully saturated rings. The van der Waals surface area contributed by atoms with Crippen molar-refractivity contribution in [1.82, 2.24) is 15.5 Å². The van der Waals surface area contributed by atoms with Crippen LogP contribution in [0.25, 0.3) is 0 Å². The lowest BCUT2D eigenvalue weighted by Gasteiger charge is -2.33. The van der Waals surface area contributed by atoms with Gasteiger partial charge in [-0.15, -0.1) is 0 Å². The first kappa shape index (κ1) is 27.5. The molecule has 0 radical (unpaired) electrons. The zero-order valence-electron chi connectivity index (χ0n) is 21.2. The van der Waals surface area contributed by atoms with Gasteiger partial charge in [-0.25, -0.2) is 4.79 Å². The molecule has 0 saturated heterocycles. The maximum Gasteiger partial charge on any atom is 0.408 e. The Labute approximate surface area is 193 Å². The van der Waals surface area contributed by atoms with Gasteiger partial charge in [-0.3, -0.25) is 9.59 Å². The summed E-state index contributed by atoms with van der Waals surface area (Å²) in [5.74, 6) is -0.773. The lowest BCUT2D eigenvalue weighted by molar-refractivity contribution is -0.141. The van der Waals surface area contributed by atoms with E-state index in [0.29, 0.717) is 6.54 Å². The van der Waals surface area contributed by atoms with Crippen molar-refractivity contribution in [3.8, 4) is 0 Å². The Morgan fingerprint density at radius 2 is 1.75 bits per heavy atom. The zero-order chi connectivity index (χ0) is 24.6. The van der Waals surface area contributed by atoms with E-state index in [1.807, 2.05) is 45.9 Å². The topological polar surface area (TPSA) is 87.7 Å². The van der Waals surface area contributed by atoms with Crippen molar-refractivity contribution >= 4 is 17.9 Å². The molecule has 180 valence electrons. The molecule has 1 aromatic rings. The molecule has 32 heavy (non-hydrogen) atoms. The highest BCUT2D eigenvalue weighted by molar-refractivity contribution is 5.92. The summed E-state index contributed by atoms with van der Waals surface area (Å²) >= 11 is 0. The molecule has 3 amide bonds.